The predicted molar refractivity (Wildman–Crippen MR) is 94.3 cm³/mol. The van der Waals surface area contributed by atoms with Crippen LogP contribution in [0.25, 0.3) is 0 Å². The lowest BCUT2D eigenvalue weighted by Crippen LogP contribution is -2.23. The minimum atomic E-state index is -0.117. The van der Waals surface area contributed by atoms with E-state index >= 15 is 0 Å². The minimum absolute atomic E-state index is 0.117. The quantitative estimate of drug-likeness (QED) is 0.855. The number of carbonyl (C=O) groups excluding carboxylic acids is 1. The Kier molecular flexibility index (Phi) is 5.31. The largest absolute Gasteiger partial charge is 0.497 e. The Morgan fingerprint density at radius 2 is 1.96 bits per heavy atom. The number of nitrogens with zero attached hydrogens (tertiary/aromatic N) is 1. The van der Waals surface area contributed by atoms with Crippen LogP contribution in [-0.4, -0.2) is 24.0 Å². The van der Waals surface area contributed by atoms with Crippen LogP contribution in [0.1, 0.15) is 41.6 Å². The second-order valence-corrected chi connectivity index (χ2v) is 6.12. The van der Waals surface area contributed by atoms with Crippen LogP contribution in [0.15, 0.2) is 42.7 Å². The van der Waals surface area contributed by atoms with Crippen molar-refractivity contribution in [3.8, 4) is 5.75 Å². The summed E-state index contributed by atoms with van der Waals surface area (Å²) >= 11 is 0. The highest BCUT2D eigenvalue weighted by molar-refractivity contribution is 5.94. The number of ether oxygens (including phenoxy) is 1. The van der Waals surface area contributed by atoms with Crippen LogP contribution in [0.3, 0.4) is 0 Å². The smallest absolute Gasteiger partial charge is 0.253 e. The van der Waals surface area contributed by atoms with Crippen LogP contribution < -0.4 is 15.4 Å². The molecule has 0 bridgehead atoms. The molecule has 3 rings (SSSR count). The summed E-state index contributed by atoms with van der Waals surface area (Å²) in [6.07, 6.45) is 8.30. The summed E-state index contributed by atoms with van der Waals surface area (Å²) < 4.78 is 5.13. The molecule has 2 N–H and O–H groups in total. The highest BCUT2D eigenvalue weighted by Crippen LogP contribution is 2.22. The van der Waals surface area contributed by atoms with Gasteiger partial charge in [0.05, 0.1) is 18.4 Å². The molecule has 0 radical (unpaired) electrons. The first kappa shape index (κ1) is 16.3. The maximum atomic E-state index is 12.3. The molecule has 1 aromatic carbocycles. The number of hydrogen-bond acceptors (Lipinski definition) is 4. The van der Waals surface area contributed by atoms with Gasteiger partial charge in [-0.25, -0.2) is 0 Å². The number of carbonyl (C=O) groups is 1. The van der Waals surface area contributed by atoms with Crippen molar-refractivity contribution in [1.29, 1.82) is 0 Å². The Morgan fingerprint density at radius 1 is 1.21 bits per heavy atom. The molecular formula is C19H23N3O2. The highest BCUT2D eigenvalue weighted by Gasteiger charge is 2.15. The average Bonchev–Trinajstić information content (AvgIpc) is 3.13. The van der Waals surface area contributed by atoms with Crippen molar-refractivity contribution in [1.82, 2.24) is 10.3 Å². The first-order valence-corrected chi connectivity index (χ1v) is 8.37. The van der Waals surface area contributed by atoms with E-state index < -0.39 is 0 Å². The van der Waals surface area contributed by atoms with E-state index in [4.69, 9.17) is 4.74 Å². The number of hydrogen-bond donors (Lipinski definition) is 2. The summed E-state index contributed by atoms with van der Waals surface area (Å²) in [4.78, 5) is 16.5. The highest BCUT2D eigenvalue weighted by atomic mass is 16.5. The van der Waals surface area contributed by atoms with Gasteiger partial charge in [-0.1, -0.05) is 25.0 Å². The molecule has 1 fully saturated rings. The lowest BCUT2D eigenvalue weighted by atomic mass is 10.2. The zero-order valence-corrected chi connectivity index (χ0v) is 13.9. The lowest BCUT2D eigenvalue weighted by molar-refractivity contribution is 0.0950. The van der Waals surface area contributed by atoms with E-state index in [0.29, 0.717) is 18.2 Å². The van der Waals surface area contributed by atoms with Crippen molar-refractivity contribution in [3.63, 3.8) is 0 Å². The summed E-state index contributed by atoms with van der Waals surface area (Å²) in [6.45, 7) is 0.475. The van der Waals surface area contributed by atoms with Crippen LogP contribution in [0.2, 0.25) is 0 Å². The van der Waals surface area contributed by atoms with E-state index in [-0.39, 0.29) is 5.91 Å². The topological polar surface area (TPSA) is 63.2 Å². The van der Waals surface area contributed by atoms with Gasteiger partial charge in [0.2, 0.25) is 0 Å². The van der Waals surface area contributed by atoms with E-state index in [0.717, 1.165) is 17.0 Å². The summed E-state index contributed by atoms with van der Waals surface area (Å²) in [5, 5.41) is 6.39. The van der Waals surface area contributed by atoms with E-state index in [1.807, 2.05) is 30.3 Å². The molecule has 2 aromatic rings. The van der Waals surface area contributed by atoms with Crippen molar-refractivity contribution in [2.75, 3.05) is 12.4 Å². The molecule has 0 atom stereocenters. The molecule has 1 aromatic heterocycles. The Labute approximate surface area is 142 Å². The van der Waals surface area contributed by atoms with Crippen molar-refractivity contribution in [2.24, 2.45) is 0 Å². The van der Waals surface area contributed by atoms with E-state index in [2.05, 4.69) is 15.6 Å². The van der Waals surface area contributed by atoms with Gasteiger partial charge >= 0.3 is 0 Å². The van der Waals surface area contributed by atoms with Crippen LogP contribution in [0.4, 0.5) is 5.69 Å². The second kappa shape index (κ2) is 7.81. The number of nitrogens with one attached hydrogen (secondary N) is 2. The van der Waals surface area contributed by atoms with Crippen LogP contribution in [-0.2, 0) is 6.54 Å². The Morgan fingerprint density at radius 3 is 2.67 bits per heavy atom. The van der Waals surface area contributed by atoms with Crippen LogP contribution >= 0.6 is 0 Å². The molecule has 24 heavy (non-hydrogen) atoms. The molecule has 126 valence electrons. The van der Waals surface area contributed by atoms with E-state index in [1.165, 1.54) is 25.7 Å². The minimum Gasteiger partial charge on any atom is -0.497 e. The van der Waals surface area contributed by atoms with E-state index in [9.17, 15) is 4.79 Å². The summed E-state index contributed by atoms with van der Waals surface area (Å²) in [5.41, 5.74) is 2.52. The molecule has 5 nitrogen and oxygen atoms in total. The lowest BCUT2D eigenvalue weighted by Gasteiger charge is -2.14. The SMILES string of the molecule is COc1ccc(CNC(=O)c2cncc(NC3CCCC3)c2)cc1. The fraction of sp³-hybridized carbons (Fsp3) is 0.368. The average molecular weight is 325 g/mol. The zero-order chi connectivity index (χ0) is 16.8. The third kappa shape index (κ3) is 4.25. The molecule has 0 spiro atoms. The Hall–Kier alpha value is -2.56. The summed E-state index contributed by atoms with van der Waals surface area (Å²) in [5.74, 6) is 0.688. The fourth-order valence-electron chi connectivity index (χ4n) is 2.98. The second-order valence-electron chi connectivity index (χ2n) is 6.12. The fourth-order valence-corrected chi connectivity index (χ4v) is 2.98. The number of aromatic nitrogens is 1. The third-order valence-corrected chi connectivity index (χ3v) is 4.34. The molecule has 1 amide bonds. The van der Waals surface area contributed by atoms with Gasteiger partial charge in [-0.05, 0) is 36.6 Å². The standard InChI is InChI=1S/C19H23N3O2/c1-24-18-8-6-14(7-9-18)11-21-19(23)15-10-17(13-20-12-15)22-16-4-2-3-5-16/h6-10,12-13,16,22H,2-5,11H2,1H3,(H,21,23). The van der Waals surface area contributed by atoms with Gasteiger partial charge in [0.25, 0.3) is 5.91 Å². The molecule has 0 aliphatic heterocycles. The van der Waals surface area contributed by atoms with Crippen molar-refractivity contribution in [2.45, 2.75) is 38.3 Å². The first-order chi connectivity index (χ1) is 11.7. The zero-order valence-electron chi connectivity index (χ0n) is 13.9. The third-order valence-electron chi connectivity index (χ3n) is 4.34. The van der Waals surface area contributed by atoms with Gasteiger partial charge in [-0.3, -0.25) is 9.78 Å². The summed E-state index contributed by atoms with van der Waals surface area (Å²) in [7, 11) is 1.64. The molecule has 1 aliphatic rings. The van der Waals surface area contributed by atoms with Crippen LogP contribution in [0.5, 0.6) is 5.75 Å². The van der Waals surface area contributed by atoms with Gasteiger partial charge in [0, 0.05) is 25.0 Å². The number of methoxy groups -OCH3 is 1. The molecule has 1 heterocycles. The van der Waals surface area contributed by atoms with Gasteiger partial charge in [-0.15, -0.1) is 0 Å². The van der Waals surface area contributed by atoms with E-state index in [1.54, 1.807) is 19.5 Å². The Balaban J connectivity index is 1.57. The predicted octanol–water partition coefficient (Wildman–Crippen LogP) is 3.37. The number of anilines is 1. The monoisotopic (exact) mass is 325 g/mol. The first-order valence-electron chi connectivity index (χ1n) is 8.37. The van der Waals surface area contributed by atoms with Gasteiger partial charge < -0.3 is 15.4 Å². The molecule has 0 saturated heterocycles. The van der Waals surface area contributed by atoms with Crippen molar-refractivity contribution < 1.29 is 9.53 Å². The Bertz CT molecular complexity index is 679. The van der Waals surface area contributed by atoms with Crippen LogP contribution in [0, 0.1) is 0 Å². The van der Waals surface area contributed by atoms with Gasteiger partial charge in [-0.2, -0.15) is 0 Å². The van der Waals surface area contributed by atoms with Gasteiger partial charge in [0.15, 0.2) is 0 Å². The van der Waals surface area contributed by atoms with Crippen molar-refractivity contribution in [3.05, 3.63) is 53.9 Å². The number of amides is 1. The molecule has 1 aliphatic carbocycles. The number of benzene rings is 1. The normalized spacial score (nSPS) is 14.4. The molecule has 5 heteroatoms. The van der Waals surface area contributed by atoms with Crippen molar-refractivity contribution >= 4 is 11.6 Å². The number of rotatable bonds is 6. The molecule has 0 unspecified atom stereocenters. The maximum Gasteiger partial charge on any atom is 0.253 e. The maximum absolute atomic E-state index is 12.3. The molecular weight excluding hydrogens is 302 g/mol. The van der Waals surface area contributed by atoms with Gasteiger partial charge in [0.1, 0.15) is 5.75 Å². The summed E-state index contributed by atoms with van der Waals surface area (Å²) in [6, 6.07) is 10.0. The molecule has 1 saturated carbocycles. The number of pyridine rings is 1.